The van der Waals surface area contributed by atoms with Crippen molar-refractivity contribution in [3.8, 4) is 11.5 Å². The van der Waals surface area contributed by atoms with E-state index >= 15 is 0 Å². The van der Waals surface area contributed by atoms with Crippen LogP contribution in [0.2, 0.25) is 0 Å². The minimum Gasteiger partial charge on any atom is -0.497 e. The molecule has 43 heavy (non-hydrogen) atoms. The highest BCUT2D eigenvalue weighted by molar-refractivity contribution is 5.85. The lowest BCUT2D eigenvalue weighted by Gasteiger charge is -2.70. The number of hydrogen-bond donors (Lipinski definition) is 0. The number of esters is 1. The number of nitrogens with zero attached hydrogens (tertiary/aromatic N) is 5. The third-order valence-corrected chi connectivity index (χ3v) is 8.92. The van der Waals surface area contributed by atoms with E-state index in [9.17, 15) is 9.59 Å². The highest BCUT2D eigenvalue weighted by Gasteiger charge is 2.70. The summed E-state index contributed by atoms with van der Waals surface area (Å²) in [6.45, 7) is 7.33. The van der Waals surface area contributed by atoms with Crippen molar-refractivity contribution < 1.29 is 19.0 Å². The molecule has 2 bridgehead atoms. The van der Waals surface area contributed by atoms with E-state index in [0.717, 1.165) is 47.4 Å². The number of hydrogen-bond acceptors (Lipinski definition) is 8. The fourth-order valence-electron chi connectivity index (χ4n) is 7.16. The molecule has 226 valence electrons. The Labute approximate surface area is 251 Å². The summed E-state index contributed by atoms with van der Waals surface area (Å²) in [5, 5.41) is 0. The average Bonchev–Trinajstić information content (AvgIpc) is 3.26. The van der Waals surface area contributed by atoms with E-state index in [2.05, 4.69) is 9.88 Å². The molecule has 4 aromatic rings. The normalized spacial score (nSPS) is 20.4. The molecule has 3 saturated carbocycles. The zero-order valence-electron chi connectivity index (χ0n) is 25.5. The van der Waals surface area contributed by atoms with Crippen LogP contribution in [0.25, 0.3) is 11.2 Å². The summed E-state index contributed by atoms with van der Waals surface area (Å²) in [4.78, 5) is 38.2. The van der Waals surface area contributed by atoms with E-state index in [4.69, 9.17) is 19.2 Å². The van der Waals surface area contributed by atoms with Crippen LogP contribution in [0, 0.1) is 5.41 Å². The molecule has 3 aliphatic carbocycles. The number of carbonyl (C=O) groups is 1. The monoisotopic (exact) mass is 585 g/mol. The highest BCUT2D eigenvalue weighted by atomic mass is 16.5. The summed E-state index contributed by atoms with van der Waals surface area (Å²) >= 11 is 0. The first-order valence-electron chi connectivity index (χ1n) is 14.9. The standard InChI is InChI=1S/C33H39N5O5/c1-6-43-27(39)15-32-18-33(19-32,20-32)38-28-29(34-21-35-30(28)37(22(2)3)31(38)40)36(16-23-7-11-25(41-4)12-8-23)17-24-9-13-26(42-5)14-10-24/h7-14,21-22H,6,15-20H2,1-5H3. The van der Waals surface area contributed by atoms with Gasteiger partial charge < -0.3 is 19.1 Å². The van der Waals surface area contributed by atoms with Crippen LogP contribution in [-0.2, 0) is 28.2 Å². The van der Waals surface area contributed by atoms with Crippen LogP contribution >= 0.6 is 0 Å². The largest absolute Gasteiger partial charge is 0.497 e. The SMILES string of the molecule is CCOC(=O)CC12CC(n3c(=O)n(C(C)C)c4ncnc(N(Cc5ccc(OC)cc5)Cc5ccc(OC)cc5)c43)(C1)C2. The van der Waals surface area contributed by atoms with Crippen molar-refractivity contribution in [1.29, 1.82) is 0 Å². The lowest BCUT2D eigenvalue weighted by molar-refractivity contribution is -0.200. The molecule has 3 aliphatic rings. The van der Waals surface area contributed by atoms with Gasteiger partial charge in [-0.05, 0) is 80.8 Å². The van der Waals surface area contributed by atoms with E-state index in [1.54, 1.807) is 25.1 Å². The number of aromatic nitrogens is 4. The molecule has 0 amide bonds. The molecule has 0 unspecified atom stereocenters. The Hall–Kier alpha value is -4.34. The molecule has 0 saturated heterocycles. The van der Waals surface area contributed by atoms with Gasteiger partial charge in [-0.25, -0.2) is 14.8 Å². The first kappa shape index (κ1) is 28.8. The molecule has 2 heterocycles. The Bertz CT molecular complexity index is 1620. The Balaban J connectivity index is 1.44. The van der Waals surface area contributed by atoms with Gasteiger partial charge in [0.05, 0.1) is 32.8 Å². The van der Waals surface area contributed by atoms with Crippen molar-refractivity contribution in [2.24, 2.45) is 5.41 Å². The first-order valence-corrected chi connectivity index (χ1v) is 14.9. The quantitative estimate of drug-likeness (QED) is 0.208. The number of benzene rings is 2. The smallest absolute Gasteiger partial charge is 0.331 e. The molecule has 0 spiro atoms. The van der Waals surface area contributed by atoms with Gasteiger partial charge in [0.1, 0.15) is 23.3 Å². The van der Waals surface area contributed by atoms with Crippen LogP contribution in [0.1, 0.15) is 63.6 Å². The molecule has 10 heteroatoms. The van der Waals surface area contributed by atoms with Crippen LogP contribution in [0.5, 0.6) is 11.5 Å². The molecule has 2 aromatic carbocycles. The zero-order chi connectivity index (χ0) is 30.4. The lowest BCUT2D eigenvalue weighted by Crippen LogP contribution is -2.69. The van der Waals surface area contributed by atoms with Crippen LogP contribution < -0.4 is 20.1 Å². The molecule has 0 N–H and O–H groups in total. The fraction of sp³-hybridized carbons (Fsp3) is 0.455. The summed E-state index contributed by atoms with van der Waals surface area (Å²) in [5.74, 6) is 2.12. The van der Waals surface area contributed by atoms with Crippen LogP contribution in [0.3, 0.4) is 0 Å². The number of methoxy groups -OCH3 is 2. The van der Waals surface area contributed by atoms with Gasteiger partial charge in [-0.3, -0.25) is 13.9 Å². The predicted octanol–water partition coefficient (Wildman–Crippen LogP) is 5.23. The minimum absolute atomic E-state index is 0.0787. The number of rotatable bonds is 12. The number of fused-ring (bicyclic) bond motifs is 1. The average molecular weight is 586 g/mol. The van der Waals surface area contributed by atoms with Crippen LogP contribution in [-0.4, -0.2) is 45.9 Å². The zero-order valence-corrected chi connectivity index (χ0v) is 25.5. The van der Waals surface area contributed by atoms with Gasteiger partial charge in [-0.2, -0.15) is 0 Å². The molecular formula is C33H39N5O5. The second-order valence-corrected chi connectivity index (χ2v) is 12.2. The summed E-state index contributed by atoms with van der Waals surface area (Å²) in [6.07, 6.45) is 4.24. The van der Waals surface area contributed by atoms with E-state index < -0.39 is 0 Å². The van der Waals surface area contributed by atoms with Crippen molar-refractivity contribution in [2.45, 2.75) is 71.1 Å². The van der Waals surface area contributed by atoms with Crippen molar-refractivity contribution in [2.75, 3.05) is 25.7 Å². The van der Waals surface area contributed by atoms with Crippen molar-refractivity contribution in [3.63, 3.8) is 0 Å². The Kier molecular flexibility index (Phi) is 7.40. The maximum Gasteiger partial charge on any atom is 0.331 e. The molecule has 0 radical (unpaired) electrons. The first-order chi connectivity index (χ1) is 20.7. The van der Waals surface area contributed by atoms with Gasteiger partial charge >= 0.3 is 11.7 Å². The third-order valence-electron chi connectivity index (χ3n) is 8.92. The highest BCUT2D eigenvalue weighted by Crippen LogP contribution is 2.73. The van der Waals surface area contributed by atoms with Gasteiger partial charge in [0.15, 0.2) is 11.5 Å². The van der Waals surface area contributed by atoms with Gasteiger partial charge in [0, 0.05) is 19.1 Å². The van der Waals surface area contributed by atoms with Gasteiger partial charge in [-0.15, -0.1) is 0 Å². The third kappa shape index (κ3) is 5.02. The topological polar surface area (TPSA) is 101 Å². The van der Waals surface area contributed by atoms with E-state index in [1.807, 2.05) is 73.9 Å². The van der Waals surface area contributed by atoms with Crippen molar-refractivity contribution in [3.05, 3.63) is 76.5 Å². The second kappa shape index (κ2) is 11.1. The van der Waals surface area contributed by atoms with E-state index in [1.165, 1.54) is 0 Å². The summed E-state index contributed by atoms with van der Waals surface area (Å²) in [5.41, 5.74) is 3.00. The number of carbonyl (C=O) groups excluding carboxylic acids is 1. The number of imidazole rings is 1. The predicted molar refractivity (Wildman–Crippen MR) is 164 cm³/mol. The summed E-state index contributed by atoms with van der Waals surface area (Å²) in [7, 11) is 3.31. The number of anilines is 1. The van der Waals surface area contributed by atoms with Gasteiger partial charge in [-0.1, -0.05) is 24.3 Å². The number of ether oxygens (including phenoxy) is 3. The second-order valence-electron chi connectivity index (χ2n) is 12.2. The van der Waals surface area contributed by atoms with Crippen molar-refractivity contribution in [1.82, 2.24) is 19.1 Å². The van der Waals surface area contributed by atoms with Crippen LogP contribution in [0.15, 0.2) is 59.7 Å². The fourth-order valence-corrected chi connectivity index (χ4v) is 7.16. The van der Waals surface area contributed by atoms with Gasteiger partial charge in [0.25, 0.3) is 0 Å². The molecule has 3 fully saturated rings. The summed E-state index contributed by atoms with van der Waals surface area (Å²) in [6, 6.07) is 15.9. The minimum atomic E-state index is -0.354. The van der Waals surface area contributed by atoms with Crippen LogP contribution in [0.4, 0.5) is 5.82 Å². The maximum atomic E-state index is 14.2. The van der Waals surface area contributed by atoms with E-state index in [0.29, 0.717) is 37.6 Å². The lowest BCUT2D eigenvalue weighted by atomic mass is 9.38. The molecule has 7 rings (SSSR count). The van der Waals surface area contributed by atoms with Crippen molar-refractivity contribution >= 4 is 23.0 Å². The van der Waals surface area contributed by atoms with Gasteiger partial charge in [0.2, 0.25) is 0 Å². The molecule has 0 atom stereocenters. The Morgan fingerprint density at radius 2 is 1.49 bits per heavy atom. The molecule has 10 nitrogen and oxygen atoms in total. The Morgan fingerprint density at radius 1 is 0.930 bits per heavy atom. The van der Waals surface area contributed by atoms with E-state index in [-0.39, 0.29) is 28.7 Å². The Morgan fingerprint density at radius 3 is 1.98 bits per heavy atom. The maximum absolute atomic E-state index is 14.2. The molecule has 0 aliphatic heterocycles. The summed E-state index contributed by atoms with van der Waals surface area (Å²) < 4.78 is 19.7. The molecular weight excluding hydrogens is 546 g/mol. The molecule has 2 aromatic heterocycles.